The van der Waals surface area contributed by atoms with Gasteiger partial charge in [-0.05, 0) is 19.3 Å². The highest BCUT2D eigenvalue weighted by Gasteiger charge is 1.76. The molecule has 0 radical (unpaired) electrons. The average molecular weight is 120 g/mol. The molecule has 1 rings (SSSR count). The summed E-state index contributed by atoms with van der Waals surface area (Å²) < 4.78 is 0. The monoisotopic (exact) mass is 120 g/mol. The van der Waals surface area contributed by atoms with Crippen LogP contribution in [0.4, 0.5) is 0 Å². The van der Waals surface area contributed by atoms with Crippen LogP contribution in [0, 0.1) is 0 Å². The molecular formula is C9H12. The molecule has 48 valence electrons. The Bertz CT molecular complexity index is 97.6. The predicted molar refractivity (Wildman–Crippen MR) is 41.3 cm³/mol. The Morgan fingerprint density at radius 1 is 0.444 bits per heavy atom. The largest absolute Gasteiger partial charge is 0.0844 e. The van der Waals surface area contributed by atoms with Crippen molar-refractivity contribution in [3.05, 3.63) is 36.5 Å². The molecular weight excluding hydrogens is 108 g/mol. The molecule has 0 aromatic rings. The van der Waals surface area contributed by atoms with Crippen LogP contribution in [0.25, 0.3) is 0 Å². The molecule has 0 fully saturated rings. The Labute approximate surface area is 56.6 Å². The summed E-state index contributed by atoms with van der Waals surface area (Å²) in [4.78, 5) is 0. The Balaban J connectivity index is 2.43. The van der Waals surface area contributed by atoms with Crippen molar-refractivity contribution in [2.75, 3.05) is 0 Å². The van der Waals surface area contributed by atoms with Gasteiger partial charge in [-0.25, -0.2) is 0 Å². The van der Waals surface area contributed by atoms with Crippen molar-refractivity contribution >= 4 is 0 Å². The number of hydrogen-bond donors (Lipinski definition) is 0. The minimum Gasteiger partial charge on any atom is -0.0844 e. The molecule has 0 unspecified atom stereocenters. The van der Waals surface area contributed by atoms with Gasteiger partial charge >= 0.3 is 0 Å². The summed E-state index contributed by atoms with van der Waals surface area (Å²) in [5.74, 6) is 0. The summed E-state index contributed by atoms with van der Waals surface area (Å²) in [7, 11) is 0. The van der Waals surface area contributed by atoms with Gasteiger partial charge in [-0.3, -0.25) is 0 Å². The molecule has 1 aliphatic carbocycles. The van der Waals surface area contributed by atoms with E-state index in [1.54, 1.807) is 0 Å². The first kappa shape index (κ1) is 6.34. The fourth-order valence-electron chi connectivity index (χ4n) is 0.813. The van der Waals surface area contributed by atoms with Gasteiger partial charge in [-0.2, -0.15) is 0 Å². The van der Waals surface area contributed by atoms with E-state index < -0.39 is 0 Å². The van der Waals surface area contributed by atoms with Crippen molar-refractivity contribution in [3.63, 3.8) is 0 Å². The van der Waals surface area contributed by atoms with Crippen LogP contribution in [0.2, 0.25) is 0 Å². The van der Waals surface area contributed by atoms with Gasteiger partial charge in [0.2, 0.25) is 0 Å². The standard InChI is InChI=1S/C9H12/c1-2-4-6-8-9-7-5-3-1/h1-2,5-8H,3-4,9H2/b2-1-,7-5-,8-6-. The molecule has 0 saturated heterocycles. The molecule has 0 amide bonds. The fourth-order valence-corrected chi connectivity index (χ4v) is 0.813. The second-order valence-electron chi connectivity index (χ2n) is 2.12. The molecule has 0 nitrogen and oxygen atoms in total. The van der Waals surface area contributed by atoms with Crippen molar-refractivity contribution in [2.45, 2.75) is 19.3 Å². The lowest BCUT2D eigenvalue weighted by Gasteiger charge is -1.76. The molecule has 0 spiro atoms. The highest BCUT2D eigenvalue weighted by Crippen LogP contribution is 1.97. The highest BCUT2D eigenvalue weighted by molar-refractivity contribution is 5.02. The first-order valence-corrected chi connectivity index (χ1v) is 3.45. The third kappa shape index (κ3) is 2.91. The zero-order valence-electron chi connectivity index (χ0n) is 5.59. The lowest BCUT2D eigenvalue weighted by Crippen LogP contribution is -1.56. The van der Waals surface area contributed by atoms with Gasteiger partial charge in [0.1, 0.15) is 0 Å². The summed E-state index contributed by atoms with van der Waals surface area (Å²) in [5.41, 5.74) is 0. The van der Waals surface area contributed by atoms with Gasteiger partial charge in [0.15, 0.2) is 0 Å². The molecule has 0 N–H and O–H groups in total. The SMILES string of the molecule is C1=C\C/C=C\C/C=C\C/1. The van der Waals surface area contributed by atoms with Crippen molar-refractivity contribution in [2.24, 2.45) is 0 Å². The summed E-state index contributed by atoms with van der Waals surface area (Å²) in [6, 6.07) is 0. The van der Waals surface area contributed by atoms with E-state index in [2.05, 4.69) is 36.5 Å². The Morgan fingerprint density at radius 2 is 0.667 bits per heavy atom. The molecule has 0 aliphatic heterocycles. The van der Waals surface area contributed by atoms with Crippen molar-refractivity contribution in [1.82, 2.24) is 0 Å². The van der Waals surface area contributed by atoms with Crippen molar-refractivity contribution in [1.29, 1.82) is 0 Å². The maximum Gasteiger partial charge on any atom is -0.0169 e. The second kappa shape index (κ2) is 4.13. The van der Waals surface area contributed by atoms with Crippen LogP contribution >= 0.6 is 0 Å². The number of allylic oxidation sites excluding steroid dienone is 6. The first-order valence-electron chi connectivity index (χ1n) is 3.45. The average Bonchev–Trinajstić information content (AvgIpc) is 2.00. The van der Waals surface area contributed by atoms with E-state index in [1.165, 1.54) is 0 Å². The van der Waals surface area contributed by atoms with Crippen LogP contribution in [0.1, 0.15) is 19.3 Å². The maximum absolute atomic E-state index is 2.20. The van der Waals surface area contributed by atoms with Gasteiger partial charge in [-0.1, -0.05) is 36.5 Å². The summed E-state index contributed by atoms with van der Waals surface area (Å²) >= 11 is 0. The molecule has 0 bridgehead atoms. The van der Waals surface area contributed by atoms with Crippen LogP contribution < -0.4 is 0 Å². The van der Waals surface area contributed by atoms with Crippen molar-refractivity contribution < 1.29 is 0 Å². The lowest BCUT2D eigenvalue weighted by atomic mass is 10.3. The Kier molecular flexibility index (Phi) is 2.91. The van der Waals surface area contributed by atoms with Crippen LogP contribution in [-0.2, 0) is 0 Å². The first-order chi connectivity index (χ1) is 4.50. The quantitative estimate of drug-likeness (QED) is 0.431. The molecule has 0 saturated carbocycles. The molecule has 1 aliphatic rings. The van der Waals surface area contributed by atoms with Crippen LogP contribution in [0.15, 0.2) is 36.5 Å². The fraction of sp³-hybridized carbons (Fsp3) is 0.333. The Morgan fingerprint density at radius 3 is 0.889 bits per heavy atom. The third-order valence-electron chi connectivity index (χ3n) is 1.32. The van der Waals surface area contributed by atoms with E-state index in [0.29, 0.717) is 0 Å². The minimum atomic E-state index is 1.10. The third-order valence-corrected chi connectivity index (χ3v) is 1.32. The maximum atomic E-state index is 2.20. The number of hydrogen-bond acceptors (Lipinski definition) is 0. The van der Waals surface area contributed by atoms with E-state index >= 15 is 0 Å². The van der Waals surface area contributed by atoms with E-state index in [0.717, 1.165) is 19.3 Å². The van der Waals surface area contributed by atoms with Gasteiger partial charge < -0.3 is 0 Å². The van der Waals surface area contributed by atoms with Gasteiger partial charge in [0, 0.05) is 0 Å². The topological polar surface area (TPSA) is 0 Å². The molecule has 0 atom stereocenters. The van der Waals surface area contributed by atoms with Gasteiger partial charge in [0.25, 0.3) is 0 Å². The molecule has 9 heavy (non-hydrogen) atoms. The normalized spacial score (nSPS) is 29.3. The summed E-state index contributed by atoms with van der Waals surface area (Å²) in [5, 5.41) is 0. The van der Waals surface area contributed by atoms with Crippen LogP contribution in [0.5, 0.6) is 0 Å². The smallest absolute Gasteiger partial charge is 0.0169 e. The predicted octanol–water partition coefficient (Wildman–Crippen LogP) is 2.84. The molecule has 0 heterocycles. The van der Waals surface area contributed by atoms with E-state index in [1.807, 2.05) is 0 Å². The van der Waals surface area contributed by atoms with Crippen LogP contribution in [0.3, 0.4) is 0 Å². The van der Waals surface area contributed by atoms with Crippen molar-refractivity contribution in [3.8, 4) is 0 Å². The minimum absolute atomic E-state index is 1.10. The van der Waals surface area contributed by atoms with E-state index in [4.69, 9.17) is 0 Å². The van der Waals surface area contributed by atoms with Crippen LogP contribution in [-0.4, -0.2) is 0 Å². The van der Waals surface area contributed by atoms with E-state index in [-0.39, 0.29) is 0 Å². The summed E-state index contributed by atoms with van der Waals surface area (Å²) in [6.45, 7) is 0. The lowest BCUT2D eigenvalue weighted by molar-refractivity contribution is 1.32. The molecule has 0 heteroatoms. The number of rotatable bonds is 0. The highest BCUT2D eigenvalue weighted by atomic mass is 13.8. The zero-order valence-corrected chi connectivity index (χ0v) is 5.59. The van der Waals surface area contributed by atoms with Gasteiger partial charge in [-0.15, -0.1) is 0 Å². The molecule has 0 aromatic heterocycles. The summed E-state index contributed by atoms with van der Waals surface area (Å²) in [6.07, 6.45) is 16.5. The van der Waals surface area contributed by atoms with E-state index in [9.17, 15) is 0 Å². The zero-order chi connectivity index (χ0) is 6.36. The second-order valence-corrected chi connectivity index (χ2v) is 2.12. The molecule has 0 aromatic carbocycles. The Hall–Kier alpha value is -0.780. The van der Waals surface area contributed by atoms with Gasteiger partial charge in [0.05, 0.1) is 0 Å².